The maximum absolute atomic E-state index is 13.5. The minimum atomic E-state index is -1.59. The Morgan fingerprint density at radius 2 is 2.00 bits per heavy atom. The number of imide groups is 1. The molecule has 0 saturated carbocycles. The Labute approximate surface area is 104 Å². The molecule has 2 rings (SSSR count). The second-order valence-corrected chi connectivity index (χ2v) is 5.59. The van der Waals surface area contributed by atoms with E-state index in [0.29, 0.717) is 11.0 Å². The average Bonchev–Trinajstić information content (AvgIpc) is 2.29. The second kappa shape index (κ2) is 4.56. The highest BCUT2D eigenvalue weighted by atomic mass is 32.2. The minimum Gasteiger partial charge on any atom is -0.273 e. The van der Waals surface area contributed by atoms with E-state index in [1.165, 1.54) is 6.92 Å². The molecule has 2 atom stereocenters. The lowest BCUT2D eigenvalue weighted by Crippen LogP contribution is -2.52. The van der Waals surface area contributed by atoms with Gasteiger partial charge in [-0.25, -0.2) is 13.7 Å². The summed E-state index contributed by atoms with van der Waals surface area (Å²) in [6.45, 7) is 1.40. The number of hydrogen-bond acceptors (Lipinski definition) is 3. The highest BCUT2D eigenvalue weighted by molar-refractivity contribution is 7.87. The molecule has 1 heterocycles. The molecule has 1 aliphatic rings. The first-order valence-corrected chi connectivity index (χ1v) is 6.49. The highest BCUT2D eigenvalue weighted by Gasteiger charge is 2.38. The Kier molecular flexibility index (Phi) is 3.25. The van der Waals surface area contributed by atoms with E-state index in [2.05, 4.69) is 0 Å². The van der Waals surface area contributed by atoms with Crippen molar-refractivity contribution in [2.24, 2.45) is 0 Å². The molecule has 0 unspecified atom stereocenters. The van der Waals surface area contributed by atoms with Gasteiger partial charge in [0.1, 0.15) is 22.6 Å². The van der Waals surface area contributed by atoms with Crippen molar-refractivity contribution in [3.8, 4) is 0 Å². The molecule has 1 saturated heterocycles. The highest BCUT2D eigenvalue weighted by Crippen LogP contribution is 2.24. The first-order chi connectivity index (χ1) is 8.41. The summed E-state index contributed by atoms with van der Waals surface area (Å²) in [5, 5.41) is -0.882. The van der Waals surface area contributed by atoms with E-state index in [1.807, 2.05) is 0 Å². The molecule has 1 fully saturated rings. The monoisotopic (exact) mass is 273 g/mol. The van der Waals surface area contributed by atoms with Gasteiger partial charge in [-0.15, -0.1) is 0 Å². The van der Waals surface area contributed by atoms with Gasteiger partial charge in [0.25, 0.3) is 0 Å². The number of hydrogen-bond donors (Lipinski definition) is 0. The Balaban J connectivity index is 2.46. The zero-order chi connectivity index (χ0) is 13.4. The van der Waals surface area contributed by atoms with Gasteiger partial charge in [-0.3, -0.25) is 13.8 Å². The maximum atomic E-state index is 13.5. The molecule has 0 spiro atoms. The van der Waals surface area contributed by atoms with Gasteiger partial charge in [0.2, 0.25) is 11.8 Å². The molecule has 1 aromatic carbocycles. The van der Waals surface area contributed by atoms with Gasteiger partial charge in [-0.2, -0.15) is 0 Å². The van der Waals surface area contributed by atoms with Gasteiger partial charge in [-0.05, 0) is 19.1 Å². The van der Waals surface area contributed by atoms with Crippen molar-refractivity contribution in [1.82, 2.24) is 0 Å². The molecule has 7 heteroatoms. The molecule has 0 N–H and O–H groups in total. The van der Waals surface area contributed by atoms with Crippen LogP contribution >= 0.6 is 0 Å². The summed E-state index contributed by atoms with van der Waals surface area (Å²) < 4.78 is 37.7. The van der Waals surface area contributed by atoms with Crippen LogP contribution in [-0.2, 0) is 20.4 Å². The first kappa shape index (κ1) is 12.8. The first-order valence-electron chi connectivity index (χ1n) is 5.11. The lowest BCUT2D eigenvalue weighted by molar-refractivity contribution is -0.125. The average molecular weight is 273 g/mol. The summed E-state index contributed by atoms with van der Waals surface area (Å²) in [5.41, 5.74) is -0.310. The van der Waals surface area contributed by atoms with E-state index in [4.69, 9.17) is 0 Å². The van der Waals surface area contributed by atoms with Gasteiger partial charge in [-0.1, -0.05) is 0 Å². The summed E-state index contributed by atoms with van der Waals surface area (Å²) in [4.78, 5) is 24.1. The third-order valence-corrected chi connectivity index (χ3v) is 4.15. The van der Waals surface area contributed by atoms with Gasteiger partial charge in [0, 0.05) is 16.9 Å². The van der Waals surface area contributed by atoms with Gasteiger partial charge in [0.05, 0.1) is 5.69 Å². The third kappa shape index (κ3) is 2.05. The number of anilines is 1. The Hall–Kier alpha value is -1.63. The van der Waals surface area contributed by atoms with Gasteiger partial charge < -0.3 is 0 Å². The quantitative estimate of drug-likeness (QED) is 0.717. The van der Waals surface area contributed by atoms with Crippen molar-refractivity contribution in [2.45, 2.75) is 12.2 Å². The summed E-state index contributed by atoms with van der Waals surface area (Å²) in [6, 6.07) is 2.56. The molecule has 18 heavy (non-hydrogen) atoms. The molecule has 0 aromatic heterocycles. The molecular weight excluding hydrogens is 264 g/mol. The van der Waals surface area contributed by atoms with Gasteiger partial charge in [0.15, 0.2) is 0 Å². The van der Waals surface area contributed by atoms with Crippen LogP contribution < -0.4 is 4.90 Å². The largest absolute Gasteiger partial charge is 0.273 e. The van der Waals surface area contributed by atoms with Crippen LogP contribution in [0.1, 0.15) is 6.92 Å². The van der Waals surface area contributed by atoms with Crippen LogP contribution in [0.4, 0.5) is 14.5 Å². The zero-order valence-electron chi connectivity index (χ0n) is 9.35. The molecule has 1 aromatic rings. The zero-order valence-corrected chi connectivity index (χ0v) is 10.2. The number of benzene rings is 1. The van der Waals surface area contributed by atoms with Crippen molar-refractivity contribution in [3.05, 3.63) is 29.8 Å². The lowest BCUT2D eigenvalue weighted by atomic mass is 10.2. The summed E-state index contributed by atoms with van der Waals surface area (Å²) in [7, 11) is -1.59. The van der Waals surface area contributed by atoms with Crippen molar-refractivity contribution >= 4 is 28.3 Å². The Bertz CT molecular complexity index is 561. The molecule has 2 amide bonds. The van der Waals surface area contributed by atoms with Gasteiger partial charge >= 0.3 is 0 Å². The topological polar surface area (TPSA) is 54.5 Å². The number of carbonyl (C=O) groups excluding carboxylic acids is 2. The number of rotatable bonds is 1. The summed E-state index contributed by atoms with van der Waals surface area (Å²) in [6.07, 6.45) is 0. The maximum Gasteiger partial charge on any atom is 0.249 e. The number of halogens is 2. The number of amides is 2. The van der Waals surface area contributed by atoms with Crippen molar-refractivity contribution < 1.29 is 22.6 Å². The standard InChI is InChI=1S/C11H9F2NO3S/c1-6-11(16)14(10(15)5-18(6)17)9-3-2-7(12)4-8(9)13/h2-4,6H,5H2,1H3/t6-,18-/m0/s1. The van der Waals surface area contributed by atoms with E-state index < -0.39 is 39.5 Å². The van der Waals surface area contributed by atoms with Crippen molar-refractivity contribution in [1.29, 1.82) is 0 Å². The fourth-order valence-corrected chi connectivity index (χ4v) is 2.60. The SMILES string of the molecule is C[C@H]1C(=O)N(c2ccc(F)cc2F)C(=O)C[S@@]1=O. The normalized spacial score (nSPS) is 24.5. The molecule has 0 radical (unpaired) electrons. The Morgan fingerprint density at radius 3 is 2.61 bits per heavy atom. The summed E-state index contributed by atoms with van der Waals surface area (Å²) in [5.74, 6) is -3.64. The smallest absolute Gasteiger partial charge is 0.249 e. The molecule has 4 nitrogen and oxygen atoms in total. The van der Waals surface area contributed by atoms with Crippen molar-refractivity contribution in [2.75, 3.05) is 10.7 Å². The van der Waals surface area contributed by atoms with E-state index in [0.717, 1.165) is 12.1 Å². The van der Waals surface area contributed by atoms with Crippen LogP contribution in [0, 0.1) is 11.6 Å². The van der Waals surface area contributed by atoms with Crippen LogP contribution in [0.15, 0.2) is 18.2 Å². The molecule has 0 aliphatic carbocycles. The van der Waals surface area contributed by atoms with Crippen LogP contribution in [-0.4, -0.2) is 27.0 Å². The molecule has 1 aliphatic heterocycles. The van der Waals surface area contributed by atoms with E-state index >= 15 is 0 Å². The molecule has 0 bridgehead atoms. The summed E-state index contributed by atoms with van der Waals surface area (Å²) >= 11 is 0. The van der Waals surface area contributed by atoms with Crippen LogP contribution in [0.3, 0.4) is 0 Å². The fourth-order valence-electron chi connectivity index (χ4n) is 1.64. The predicted octanol–water partition coefficient (Wildman–Crippen LogP) is 0.975. The lowest BCUT2D eigenvalue weighted by Gasteiger charge is -2.28. The van der Waals surface area contributed by atoms with Crippen LogP contribution in [0.2, 0.25) is 0 Å². The number of nitrogens with zero attached hydrogens (tertiary/aromatic N) is 1. The van der Waals surface area contributed by atoms with Crippen LogP contribution in [0.5, 0.6) is 0 Å². The molecule has 96 valence electrons. The minimum absolute atomic E-state index is 0.310. The fraction of sp³-hybridized carbons (Fsp3) is 0.273. The van der Waals surface area contributed by atoms with Crippen LogP contribution in [0.25, 0.3) is 0 Å². The van der Waals surface area contributed by atoms with E-state index in [1.54, 1.807) is 0 Å². The number of carbonyl (C=O) groups is 2. The Morgan fingerprint density at radius 1 is 1.33 bits per heavy atom. The van der Waals surface area contributed by atoms with E-state index in [9.17, 15) is 22.6 Å². The third-order valence-electron chi connectivity index (χ3n) is 2.63. The second-order valence-electron chi connectivity index (χ2n) is 3.83. The molecular formula is C11H9F2NO3S. The van der Waals surface area contributed by atoms with E-state index in [-0.39, 0.29) is 11.4 Å². The van der Waals surface area contributed by atoms with Crippen molar-refractivity contribution in [3.63, 3.8) is 0 Å². The predicted molar refractivity (Wildman–Crippen MR) is 61.3 cm³/mol.